The van der Waals surface area contributed by atoms with Crippen LogP contribution in [0.2, 0.25) is 0 Å². The highest BCUT2D eigenvalue weighted by molar-refractivity contribution is 9.09. The molecule has 2 heterocycles. The fourth-order valence-corrected chi connectivity index (χ4v) is 2.94. The molecule has 0 aliphatic carbocycles. The molecule has 0 radical (unpaired) electrons. The van der Waals surface area contributed by atoms with Gasteiger partial charge >= 0.3 is 0 Å². The fraction of sp³-hybridized carbons (Fsp3) is 0.462. The molecule has 0 spiro atoms. The molecule has 1 aromatic rings. The molecule has 1 fully saturated rings. The van der Waals surface area contributed by atoms with Crippen LogP contribution in [0.1, 0.15) is 27.9 Å². The van der Waals surface area contributed by atoms with Crippen LogP contribution in [-0.4, -0.2) is 28.7 Å². The number of amides is 1. The molecule has 3 rings (SSSR count). The Kier molecular flexibility index (Phi) is 2.92. The highest BCUT2D eigenvalue weighted by atomic mass is 79.9. The van der Waals surface area contributed by atoms with E-state index in [1.165, 1.54) is 5.56 Å². The second-order valence-corrected chi connectivity index (χ2v) is 5.91. The number of hydrogen-bond donors (Lipinski definition) is 0. The van der Waals surface area contributed by atoms with E-state index < -0.39 is 0 Å². The van der Waals surface area contributed by atoms with Crippen LogP contribution < -0.4 is 0 Å². The Morgan fingerprint density at radius 2 is 2.18 bits per heavy atom. The van der Waals surface area contributed by atoms with Gasteiger partial charge in [0.2, 0.25) is 0 Å². The van der Waals surface area contributed by atoms with E-state index in [1.54, 1.807) is 0 Å². The summed E-state index contributed by atoms with van der Waals surface area (Å²) >= 11 is 3.56. The summed E-state index contributed by atoms with van der Waals surface area (Å²) in [5, 5.41) is 0. The molecule has 1 saturated heterocycles. The molecule has 0 saturated carbocycles. The van der Waals surface area contributed by atoms with Gasteiger partial charge in [-0.15, -0.1) is 0 Å². The van der Waals surface area contributed by atoms with Crippen molar-refractivity contribution in [3.63, 3.8) is 0 Å². The monoisotopic (exact) mass is 295 g/mol. The van der Waals surface area contributed by atoms with Crippen LogP contribution in [0.15, 0.2) is 18.2 Å². The fourth-order valence-electron chi connectivity index (χ4n) is 2.39. The second-order valence-electron chi connectivity index (χ2n) is 4.61. The van der Waals surface area contributed by atoms with Crippen molar-refractivity contribution in [1.82, 2.24) is 4.90 Å². The quantitative estimate of drug-likeness (QED) is 0.744. The molecule has 3 nitrogen and oxygen atoms in total. The summed E-state index contributed by atoms with van der Waals surface area (Å²) < 4.78 is 5.36. The molecule has 1 amide bonds. The number of alkyl halides is 1. The van der Waals surface area contributed by atoms with Gasteiger partial charge in [-0.2, -0.15) is 0 Å². The summed E-state index contributed by atoms with van der Waals surface area (Å²) in [7, 11) is 0. The van der Waals surface area contributed by atoms with Crippen molar-refractivity contribution >= 4 is 21.8 Å². The third kappa shape index (κ3) is 2.11. The van der Waals surface area contributed by atoms with Crippen LogP contribution in [0.3, 0.4) is 0 Å². The Bertz CT molecular complexity index is 461. The lowest BCUT2D eigenvalue weighted by Gasteiger charge is -2.16. The zero-order valence-corrected chi connectivity index (χ0v) is 11.1. The maximum absolute atomic E-state index is 12.3. The zero-order valence-electron chi connectivity index (χ0n) is 9.49. The van der Waals surface area contributed by atoms with Gasteiger partial charge in [0.1, 0.15) is 0 Å². The molecule has 2 aliphatic rings. The third-order valence-corrected chi connectivity index (χ3v) is 4.13. The molecule has 1 aromatic carbocycles. The highest BCUT2D eigenvalue weighted by Crippen LogP contribution is 2.23. The van der Waals surface area contributed by atoms with Crippen LogP contribution in [0.25, 0.3) is 0 Å². The van der Waals surface area contributed by atoms with Crippen LogP contribution in [0, 0.1) is 0 Å². The van der Waals surface area contributed by atoms with Gasteiger partial charge in [-0.25, -0.2) is 0 Å². The van der Waals surface area contributed by atoms with Crippen molar-refractivity contribution in [2.45, 2.75) is 24.5 Å². The molecule has 4 heteroatoms. The summed E-state index contributed by atoms with van der Waals surface area (Å²) in [4.78, 5) is 14.6. The Balaban J connectivity index is 1.82. The van der Waals surface area contributed by atoms with E-state index in [2.05, 4.69) is 15.9 Å². The van der Waals surface area contributed by atoms with Gasteiger partial charge in [-0.3, -0.25) is 4.79 Å². The first-order valence-electron chi connectivity index (χ1n) is 5.87. The molecule has 1 unspecified atom stereocenters. The number of benzene rings is 1. The lowest BCUT2D eigenvalue weighted by molar-refractivity contribution is 0.0793. The van der Waals surface area contributed by atoms with Gasteiger partial charge < -0.3 is 9.64 Å². The van der Waals surface area contributed by atoms with E-state index in [-0.39, 0.29) is 5.91 Å². The molecule has 0 aromatic heterocycles. The number of carbonyl (C=O) groups is 1. The number of rotatable bonds is 1. The summed E-state index contributed by atoms with van der Waals surface area (Å²) in [6, 6.07) is 5.90. The number of hydrogen-bond acceptors (Lipinski definition) is 2. The summed E-state index contributed by atoms with van der Waals surface area (Å²) in [5.74, 6) is 0.140. The summed E-state index contributed by atoms with van der Waals surface area (Å²) in [5.41, 5.74) is 3.16. The van der Waals surface area contributed by atoms with Crippen molar-refractivity contribution in [2.75, 3.05) is 13.1 Å². The van der Waals surface area contributed by atoms with Gasteiger partial charge in [0.25, 0.3) is 5.91 Å². The Morgan fingerprint density at radius 3 is 2.94 bits per heavy atom. The molecule has 17 heavy (non-hydrogen) atoms. The summed E-state index contributed by atoms with van der Waals surface area (Å²) in [6.07, 6.45) is 1.04. The molecular weight excluding hydrogens is 282 g/mol. The maximum atomic E-state index is 12.3. The van der Waals surface area contributed by atoms with Crippen molar-refractivity contribution in [1.29, 1.82) is 0 Å². The minimum absolute atomic E-state index is 0.140. The van der Waals surface area contributed by atoms with E-state index in [4.69, 9.17) is 4.74 Å². The largest absolute Gasteiger partial charge is 0.372 e. The number of ether oxygens (including phenoxy) is 1. The van der Waals surface area contributed by atoms with E-state index in [1.807, 2.05) is 23.1 Å². The van der Waals surface area contributed by atoms with Crippen LogP contribution in [-0.2, 0) is 18.0 Å². The van der Waals surface area contributed by atoms with Gasteiger partial charge in [-0.05, 0) is 29.7 Å². The maximum Gasteiger partial charge on any atom is 0.253 e. The van der Waals surface area contributed by atoms with Crippen molar-refractivity contribution < 1.29 is 9.53 Å². The minimum Gasteiger partial charge on any atom is -0.372 e. The highest BCUT2D eigenvalue weighted by Gasteiger charge is 2.25. The molecule has 0 N–H and O–H groups in total. The minimum atomic E-state index is 0.140. The Morgan fingerprint density at radius 1 is 1.35 bits per heavy atom. The Labute approximate surface area is 109 Å². The first kappa shape index (κ1) is 11.2. The number of fused-ring (bicyclic) bond motifs is 1. The number of carbonyl (C=O) groups excluding carboxylic acids is 1. The first-order valence-corrected chi connectivity index (χ1v) is 6.78. The van der Waals surface area contributed by atoms with Crippen LogP contribution >= 0.6 is 15.9 Å². The van der Waals surface area contributed by atoms with E-state index in [9.17, 15) is 4.79 Å². The number of nitrogens with zero attached hydrogens (tertiary/aromatic N) is 1. The summed E-state index contributed by atoms with van der Waals surface area (Å²) in [6.45, 7) is 2.98. The topological polar surface area (TPSA) is 29.5 Å². The average molecular weight is 296 g/mol. The predicted octanol–water partition coefficient (Wildman–Crippen LogP) is 2.33. The predicted molar refractivity (Wildman–Crippen MR) is 68.2 cm³/mol. The number of halogens is 1. The van der Waals surface area contributed by atoms with Gasteiger partial charge in [0.15, 0.2) is 0 Å². The van der Waals surface area contributed by atoms with Crippen molar-refractivity contribution in [2.24, 2.45) is 0 Å². The molecule has 90 valence electrons. The lowest BCUT2D eigenvalue weighted by atomic mass is 10.1. The third-order valence-electron chi connectivity index (χ3n) is 3.39. The van der Waals surface area contributed by atoms with Crippen LogP contribution in [0.5, 0.6) is 0 Å². The molecular formula is C13H14BrNO2. The van der Waals surface area contributed by atoms with Crippen LogP contribution in [0.4, 0.5) is 0 Å². The Hall–Kier alpha value is -0.870. The zero-order chi connectivity index (χ0) is 11.8. The lowest BCUT2D eigenvalue weighted by Crippen LogP contribution is -2.28. The van der Waals surface area contributed by atoms with E-state index in [0.29, 0.717) is 18.0 Å². The number of likely N-dealkylation sites (tertiary alicyclic amines) is 1. The van der Waals surface area contributed by atoms with Crippen molar-refractivity contribution in [3.05, 3.63) is 34.9 Å². The van der Waals surface area contributed by atoms with E-state index >= 15 is 0 Å². The average Bonchev–Trinajstić information content (AvgIpc) is 2.95. The second kappa shape index (κ2) is 4.42. The van der Waals surface area contributed by atoms with Crippen molar-refractivity contribution in [3.8, 4) is 0 Å². The van der Waals surface area contributed by atoms with E-state index in [0.717, 1.165) is 30.6 Å². The SMILES string of the molecule is O=C(c1ccc2c(c1)COC2)N1CCC(Br)C1. The first-order chi connectivity index (χ1) is 8.24. The standard InChI is InChI=1S/C13H14BrNO2/c14-12-3-4-15(6-12)13(16)9-1-2-10-7-17-8-11(10)5-9/h1-2,5,12H,3-4,6-8H2. The molecule has 1 atom stereocenters. The van der Waals surface area contributed by atoms with Gasteiger partial charge in [-0.1, -0.05) is 22.0 Å². The van der Waals surface area contributed by atoms with Gasteiger partial charge in [0.05, 0.1) is 13.2 Å². The van der Waals surface area contributed by atoms with Gasteiger partial charge in [0, 0.05) is 23.5 Å². The molecule has 2 aliphatic heterocycles. The smallest absolute Gasteiger partial charge is 0.253 e. The normalized spacial score (nSPS) is 22.9. The molecule has 0 bridgehead atoms.